The second-order valence-corrected chi connectivity index (χ2v) is 8.27. The normalized spacial score (nSPS) is 16.9. The van der Waals surface area contributed by atoms with E-state index < -0.39 is 26.4 Å². The van der Waals surface area contributed by atoms with Crippen LogP contribution in [0.15, 0.2) is 47.6 Å². The number of benzene rings is 1. The molecule has 1 atom stereocenters. The number of amides is 1. The molecule has 1 fully saturated rings. The van der Waals surface area contributed by atoms with E-state index in [1.165, 1.54) is 6.07 Å². The van der Waals surface area contributed by atoms with Crippen molar-refractivity contribution in [2.24, 2.45) is 0 Å². The minimum absolute atomic E-state index is 0. The Morgan fingerprint density at radius 2 is 2.11 bits per heavy atom. The van der Waals surface area contributed by atoms with Gasteiger partial charge in [-0.05, 0) is 17.7 Å². The highest BCUT2D eigenvalue weighted by molar-refractivity contribution is 7.90. The zero-order valence-electron chi connectivity index (χ0n) is 14.9. The Bertz CT molecular complexity index is 984. The number of nitro benzene ring substituents is 1. The monoisotopic (exact) mass is 426 g/mol. The molecule has 0 bridgehead atoms. The lowest BCUT2D eigenvalue weighted by Crippen LogP contribution is -2.48. The molecule has 0 aliphatic carbocycles. The van der Waals surface area contributed by atoms with Crippen molar-refractivity contribution in [1.29, 1.82) is 0 Å². The maximum atomic E-state index is 13.1. The topological polar surface area (TPSA) is 123 Å². The van der Waals surface area contributed by atoms with Crippen LogP contribution in [0.3, 0.4) is 0 Å². The fraction of sp³-hybridized carbons (Fsp3) is 0.294. The number of pyridine rings is 1. The summed E-state index contributed by atoms with van der Waals surface area (Å²) in [4.78, 5) is 29.0. The van der Waals surface area contributed by atoms with Crippen LogP contribution < -0.4 is 5.32 Å². The van der Waals surface area contributed by atoms with Crippen molar-refractivity contribution in [1.82, 2.24) is 15.2 Å². The van der Waals surface area contributed by atoms with Crippen molar-refractivity contribution < 1.29 is 18.1 Å². The molecule has 1 aromatic carbocycles. The Kier molecular flexibility index (Phi) is 6.70. The van der Waals surface area contributed by atoms with Gasteiger partial charge in [0.15, 0.2) is 9.84 Å². The second kappa shape index (κ2) is 8.63. The van der Waals surface area contributed by atoms with Gasteiger partial charge in [0.05, 0.1) is 15.9 Å². The molecule has 1 amide bonds. The molecule has 2 aromatic rings. The molecule has 0 saturated carbocycles. The summed E-state index contributed by atoms with van der Waals surface area (Å²) < 4.78 is 23.8. The van der Waals surface area contributed by atoms with Crippen LogP contribution in [0, 0.1) is 10.1 Å². The van der Waals surface area contributed by atoms with E-state index in [1.807, 2.05) is 6.07 Å². The number of sulfone groups is 1. The lowest BCUT2D eigenvalue weighted by molar-refractivity contribution is -0.385. The smallest absolute Gasteiger partial charge is 0.271 e. The van der Waals surface area contributed by atoms with E-state index >= 15 is 0 Å². The van der Waals surface area contributed by atoms with Crippen LogP contribution in [0.1, 0.15) is 22.0 Å². The van der Waals surface area contributed by atoms with E-state index in [9.17, 15) is 23.3 Å². The van der Waals surface area contributed by atoms with Crippen LogP contribution in [-0.4, -0.2) is 55.0 Å². The summed E-state index contributed by atoms with van der Waals surface area (Å²) in [5.74, 6) is -0.459. The lowest BCUT2D eigenvalue weighted by Gasteiger charge is -2.36. The summed E-state index contributed by atoms with van der Waals surface area (Å²) in [6, 6.07) is 6.57. The van der Waals surface area contributed by atoms with Gasteiger partial charge in [-0.2, -0.15) is 0 Å². The van der Waals surface area contributed by atoms with Gasteiger partial charge in [0.25, 0.3) is 11.6 Å². The fourth-order valence-corrected chi connectivity index (χ4v) is 3.69. The van der Waals surface area contributed by atoms with Crippen molar-refractivity contribution in [3.8, 4) is 0 Å². The minimum atomic E-state index is -3.71. The molecule has 2 heterocycles. The summed E-state index contributed by atoms with van der Waals surface area (Å²) in [7, 11) is -3.71. The van der Waals surface area contributed by atoms with Gasteiger partial charge >= 0.3 is 0 Å². The summed E-state index contributed by atoms with van der Waals surface area (Å²) in [6.07, 6.45) is 4.24. The number of nitrogens with one attached hydrogen (secondary N) is 1. The first-order valence-electron chi connectivity index (χ1n) is 8.18. The molecule has 1 saturated heterocycles. The van der Waals surface area contributed by atoms with Gasteiger partial charge in [-0.15, -0.1) is 12.4 Å². The number of rotatable bonds is 4. The molecule has 3 rings (SSSR count). The number of hydrogen-bond acceptors (Lipinski definition) is 7. The Labute approximate surface area is 168 Å². The predicted octanol–water partition coefficient (Wildman–Crippen LogP) is 1.60. The molecule has 28 heavy (non-hydrogen) atoms. The quantitative estimate of drug-likeness (QED) is 0.581. The number of carbonyl (C=O) groups is 1. The number of carbonyl (C=O) groups excluding carboxylic acids is 1. The van der Waals surface area contributed by atoms with Crippen LogP contribution in [0.2, 0.25) is 0 Å². The van der Waals surface area contributed by atoms with Gasteiger partial charge in [0.1, 0.15) is 0 Å². The SMILES string of the molecule is CS(=O)(=O)c1cc(C(=O)N2CCNCC2c2cccnc2)cc([N+](=O)[O-])c1.Cl. The van der Waals surface area contributed by atoms with Gasteiger partial charge in [-0.1, -0.05) is 6.07 Å². The van der Waals surface area contributed by atoms with Crippen LogP contribution >= 0.6 is 12.4 Å². The number of nitrogens with zero attached hydrogens (tertiary/aromatic N) is 3. The van der Waals surface area contributed by atoms with E-state index in [4.69, 9.17) is 0 Å². The van der Waals surface area contributed by atoms with E-state index in [1.54, 1.807) is 23.4 Å². The number of non-ortho nitro benzene ring substituents is 1. The highest BCUT2D eigenvalue weighted by Crippen LogP contribution is 2.27. The Hall–Kier alpha value is -2.56. The first-order valence-corrected chi connectivity index (χ1v) is 10.1. The molecule has 1 aromatic heterocycles. The van der Waals surface area contributed by atoms with Gasteiger partial charge in [0, 0.05) is 56.0 Å². The average Bonchev–Trinajstić information content (AvgIpc) is 2.67. The molecule has 0 spiro atoms. The van der Waals surface area contributed by atoms with Crippen molar-refractivity contribution in [2.45, 2.75) is 10.9 Å². The van der Waals surface area contributed by atoms with Crippen molar-refractivity contribution in [3.63, 3.8) is 0 Å². The van der Waals surface area contributed by atoms with E-state index in [0.29, 0.717) is 19.6 Å². The zero-order valence-corrected chi connectivity index (χ0v) is 16.6. The van der Waals surface area contributed by atoms with Gasteiger partial charge in [-0.3, -0.25) is 19.9 Å². The first kappa shape index (κ1) is 21.7. The Morgan fingerprint density at radius 1 is 1.36 bits per heavy atom. The maximum absolute atomic E-state index is 13.1. The minimum Gasteiger partial charge on any atom is -0.329 e. The fourth-order valence-electron chi connectivity index (χ4n) is 3.01. The van der Waals surface area contributed by atoms with Crippen LogP contribution in [-0.2, 0) is 9.84 Å². The Morgan fingerprint density at radius 3 is 2.71 bits per heavy atom. The van der Waals surface area contributed by atoms with Gasteiger partial charge in [0.2, 0.25) is 0 Å². The molecule has 11 heteroatoms. The Balaban J connectivity index is 0.00000280. The number of nitro groups is 1. The van der Waals surface area contributed by atoms with E-state index in [0.717, 1.165) is 24.0 Å². The predicted molar refractivity (Wildman–Crippen MR) is 104 cm³/mol. The molecule has 9 nitrogen and oxygen atoms in total. The standard InChI is InChI=1S/C17H18N4O5S.ClH/c1-27(25,26)15-8-13(7-14(9-15)21(23)24)17(22)20-6-5-19-11-16(20)12-3-2-4-18-10-12;/h2-4,7-10,16,19H,5-6,11H2,1H3;1H. The highest BCUT2D eigenvalue weighted by atomic mass is 35.5. The third kappa shape index (κ3) is 4.64. The molecule has 1 unspecified atom stereocenters. The molecule has 150 valence electrons. The first-order chi connectivity index (χ1) is 12.8. The maximum Gasteiger partial charge on any atom is 0.271 e. The lowest BCUT2D eigenvalue weighted by atomic mass is 10.0. The van der Waals surface area contributed by atoms with Gasteiger partial charge < -0.3 is 10.2 Å². The van der Waals surface area contributed by atoms with Crippen LogP contribution in [0.4, 0.5) is 5.69 Å². The summed E-state index contributed by atoms with van der Waals surface area (Å²) in [5, 5.41) is 14.4. The molecule has 1 N–H and O–H groups in total. The third-order valence-electron chi connectivity index (χ3n) is 4.35. The van der Waals surface area contributed by atoms with E-state index in [2.05, 4.69) is 10.3 Å². The summed E-state index contributed by atoms with van der Waals surface area (Å²) in [6.45, 7) is 1.46. The zero-order chi connectivity index (χ0) is 19.6. The number of hydrogen-bond donors (Lipinski definition) is 1. The van der Waals surface area contributed by atoms with Crippen LogP contribution in [0.25, 0.3) is 0 Å². The van der Waals surface area contributed by atoms with Crippen molar-refractivity contribution in [3.05, 3.63) is 64.0 Å². The van der Waals surface area contributed by atoms with Gasteiger partial charge in [-0.25, -0.2) is 8.42 Å². The summed E-state index contributed by atoms with van der Waals surface area (Å²) >= 11 is 0. The molecular weight excluding hydrogens is 408 g/mol. The average molecular weight is 427 g/mol. The third-order valence-corrected chi connectivity index (χ3v) is 5.44. The molecule has 0 radical (unpaired) electrons. The highest BCUT2D eigenvalue weighted by Gasteiger charge is 2.30. The number of aromatic nitrogens is 1. The number of halogens is 1. The second-order valence-electron chi connectivity index (χ2n) is 6.25. The molecule has 1 aliphatic heterocycles. The summed E-state index contributed by atoms with van der Waals surface area (Å²) in [5.41, 5.74) is 0.363. The van der Waals surface area contributed by atoms with Crippen molar-refractivity contribution in [2.75, 3.05) is 25.9 Å². The van der Waals surface area contributed by atoms with E-state index in [-0.39, 0.29) is 28.9 Å². The molecular formula is C17H19ClN4O5S. The van der Waals surface area contributed by atoms with Crippen molar-refractivity contribution >= 4 is 33.8 Å². The number of piperazine rings is 1. The largest absolute Gasteiger partial charge is 0.329 e. The molecule has 1 aliphatic rings. The van der Waals surface area contributed by atoms with Crippen LogP contribution in [0.5, 0.6) is 0 Å².